The maximum atomic E-state index is 9.11. The predicted molar refractivity (Wildman–Crippen MR) is 79.9 cm³/mol. The molecule has 0 atom stereocenters. The topological polar surface area (TPSA) is 82.1 Å². The molecule has 0 fully saturated rings. The van der Waals surface area contributed by atoms with E-state index in [1.165, 1.54) is 0 Å². The van der Waals surface area contributed by atoms with Gasteiger partial charge in [0.25, 0.3) is 0 Å². The molecular weight excluding hydrogens is 250 g/mol. The van der Waals surface area contributed by atoms with Crippen LogP contribution in [-0.2, 0) is 19.6 Å². The third-order valence-corrected chi connectivity index (χ3v) is 3.08. The molecule has 4 heteroatoms. The van der Waals surface area contributed by atoms with Gasteiger partial charge in [-0.2, -0.15) is 5.26 Å². The van der Waals surface area contributed by atoms with Crippen LogP contribution >= 0.6 is 0 Å². The Labute approximate surface area is 118 Å². The summed E-state index contributed by atoms with van der Waals surface area (Å²) in [6.07, 6.45) is 0.307. The second-order valence-corrected chi connectivity index (χ2v) is 4.58. The average molecular weight is 267 g/mol. The van der Waals surface area contributed by atoms with Gasteiger partial charge in [0.05, 0.1) is 19.1 Å². The molecule has 0 aliphatic heterocycles. The third kappa shape index (κ3) is 3.50. The second kappa shape index (κ2) is 6.60. The van der Waals surface area contributed by atoms with E-state index in [4.69, 9.17) is 16.1 Å². The van der Waals surface area contributed by atoms with Crippen LogP contribution in [0.1, 0.15) is 16.7 Å². The van der Waals surface area contributed by atoms with Gasteiger partial charge in [-0.3, -0.25) is 0 Å². The number of hydrogen-bond acceptors (Lipinski definition) is 4. The van der Waals surface area contributed by atoms with Crippen molar-refractivity contribution in [1.82, 2.24) is 0 Å². The Balaban J connectivity index is 2.07. The molecule has 102 valence electrons. The highest BCUT2D eigenvalue weighted by Crippen LogP contribution is 2.19. The lowest BCUT2D eigenvalue weighted by Gasteiger charge is -2.10. The number of nitriles is 1. The van der Waals surface area contributed by atoms with Gasteiger partial charge >= 0.3 is 0 Å². The van der Waals surface area contributed by atoms with E-state index in [0.29, 0.717) is 18.7 Å². The SMILES string of the molecule is N#CCc1cc(NCc2cccc(CO)c2)ccc1N. The number of nitrogens with zero attached hydrogens (tertiary/aromatic N) is 1. The molecule has 0 unspecified atom stereocenters. The zero-order valence-corrected chi connectivity index (χ0v) is 11.1. The van der Waals surface area contributed by atoms with Crippen molar-refractivity contribution < 1.29 is 5.11 Å². The molecule has 0 saturated carbocycles. The number of aliphatic hydroxyl groups excluding tert-OH is 1. The van der Waals surface area contributed by atoms with Crippen LogP contribution < -0.4 is 11.1 Å². The lowest BCUT2D eigenvalue weighted by atomic mass is 10.1. The zero-order chi connectivity index (χ0) is 14.4. The fraction of sp³-hybridized carbons (Fsp3) is 0.188. The average Bonchev–Trinajstić information content (AvgIpc) is 2.48. The van der Waals surface area contributed by atoms with E-state index in [1.54, 1.807) is 6.07 Å². The molecule has 2 aromatic carbocycles. The van der Waals surface area contributed by atoms with E-state index in [1.807, 2.05) is 36.4 Å². The Morgan fingerprint density at radius 2 is 1.95 bits per heavy atom. The van der Waals surface area contributed by atoms with E-state index >= 15 is 0 Å². The third-order valence-electron chi connectivity index (χ3n) is 3.08. The number of hydrogen-bond donors (Lipinski definition) is 3. The Morgan fingerprint density at radius 3 is 2.70 bits per heavy atom. The Morgan fingerprint density at radius 1 is 1.15 bits per heavy atom. The molecule has 2 aromatic rings. The highest BCUT2D eigenvalue weighted by Gasteiger charge is 2.01. The molecule has 2 rings (SSSR count). The Hall–Kier alpha value is -2.51. The van der Waals surface area contributed by atoms with Crippen LogP contribution in [0.5, 0.6) is 0 Å². The molecule has 4 nitrogen and oxygen atoms in total. The van der Waals surface area contributed by atoms with E-state index in [-0.39, 0.29) is 6.61 Å². The highest BCUT2D eigenvalue weighted by atomic mass is 16.3. The summed E-state index contributed by atoms with van der Waals surface area (Å²) in [7, 11) is 0. The van der Waals surface area contributed by atoms with Crippen LogP contribution in [0, 0.1) is 11.3 Å². The van der Waals surface area contributed by atoms with Crippen molar-refractivity contribution in [3.8, 4) is 6.07 Å². The molecule has 0 radical (unpaired) electrons. The van der Waals surface area contributed by atoms with Gasteiger partial charge in [0, 0.05) is 17.9 Å². The molecule has 0 aliphatic rings. The van der Waals surface area contributed by atoms with Gasteiger partial charge in [-0.05, 0) is 34.9 Å². The Bertz CT molecular complexity index is 632. The van der Waals surface area contributed by atoms with Crippen LogP contribution in [0.25, 0.3) is 0 Å². The molecule has 20 heavy (non-hydrogen) atoms. The summed E-state index contributed by atoms with van der Waals surface area (Å²) in [5, 5.41) is 21.2. The van der Waals surface area contributed by atoms with Crippen molar-refractivity contribution in [3.63, 3.8) is 0 Å². The molecule has 0 amide bonds. The van der Waals surface area contributed by atoms with Gasteiger partial charge in [0.2, 0.25) is 0 Å². The van der Waals surface area contributed by atoms with Crippen molar-refractivity contribution in [3.05, 3.63) is 59.2 Å². The van der Waals surface area contributed by atoms with Crippen LogP contribution in [-0.4, -0.2) is 5.11 Å². The first-order valence-corrected chi connectivity index (χ1v) is 6.41. The van der Waals surface area contributed by atoms with Gasteiger partial charge < -0.3 is 16.2 Å². The monoisotopic (exact) mass is 267 g/mol. The second-order valence-electron chi connectivity index (χ2n) is 4.58. The first kappa shape index (κ1) is 13.9. The molecule has 0 bridgehead atoms. The molecule has 0 saturated heterocycles. The first-order valence-electron chi connectivity index (χ1n) is 6.41. The molecular formula is C16H17N3O. The van der Waals surface area contributed by atoms with Gasteiger partial charge in [-0.1, -0.05) is 24.3 Å². The summed E-state index contributed by atoms with van der Waals surface area (Å²) in [6.45, 7) is 0.700. The summed E-state index contributed by atoms with van der Waals surface area (Å²) in [5.41, 5.74) is 10.2. The summed E-state index contributed by atoms with van der Waals surface area (Å²) < 4.78 is 0. The molecule has 0 spiro atoms. The smallest absolute Gasteiger partial charge is 0.0681 e. The maximum absolute atomic E-state index is 9.11. The molecule has 0 aliphatic carbocycles. The van der Waals surface area contributed by atoms with Crippen LogP contribution in [0.4, 0.5) is 11.4 Å². The van der Waals surface area contributed by atoms with Crippen molar-refractivity contribution in [2.45, 2.75) is 19.6 Å². The quantitative estimate of drug-likeness (QED) is 0.727. The van der Waals surface area contributed by atoms with Gasteiger partial charge in [-0.15, -0.1) is 0 Å². The number of nitrogen functional groups attached to an aromatic ring is 1. The van der Waals surface area contributed by atoms with Crippen LogP contribution in [0.3, 0.4) is 0 Å². The van der Waals surface area contributed by atoms with Crippen molar-refractivity contribution in [1.29, 1.82) is 5.26 Å². The zero-order valence-electron chi connectivity index (χ0n) is 11.1. The number of rotatable bonds is 5. The fourth-order valence-corrected chi connectivity index (χ4v) is 2.00. The minimum absolute atomic E-state index is 0.0437. The number of anilines is 2. The number of nitrogens with one attached hydrogen (secondary N) is 1. The number of nitrogens with two attached hydrogens (primary N) is 1. The largest absolute Gasteiger partial charge is 0.398 e. The summed E-state index contributed by atoms with van der Waals surface area (Å²) >= 11 is 0. The maximum Gasteiger partial charge on any atom is 0.0681 e. The summed E-state index contributed by atoms with van der Waals surface area (Å²) in [4.78, 5) is 0. The van der Waals surface area contributed by atoms with Gasteiger partial charge in [-0.25, -0.2) is 0 Å². The number of aliphatic hydroxyl groups is 1. The van der Waals surface area contributed by atoms with Crippen molar-refractivity contribution in [2.24, 2.45) is 0 Å². The normalized spacial score (nSPS) is 10.0. The lowest BCUT2D eigenvalue weighted by Crippen LogP contribution is -2.02. The summed E-state index contributed by atoms with van der Waals surface area (Å²) in [5.74, 6) is 0. The standard InChI is InChI=1S/C16H17N3O/c17-7-6-14-9-15(4-5-16(14)18)19-10-12-2-1-3-13(8-12)11-20/h1-5,8-9,19-20H,6,10-11,18H2. The minimum atomic E-state index is 0.0437. The lowest BCUT2D eigenvalue weighted by molar-refractivity contribution is 0.281. The molecule has 0 aromatic heterocycles. The van der Waals surface area contributed by atoms with Gasteiger partial charge in [0.1, 0.15) is 0 Å². The van der Waals surface area contributed by atoms with Crippen molar-refractivity contribution >= 4 is 11.4 Å². The first-order chi connectivity index (χ1) is 9.72. The van der Waals surface area contributed by atoms with E-state index < -0.39 is 0 Å². The van der Waals surface area contributed by atoms with Crippen molar-refractivity contribution in [2.75, 3.05) is 11.1 Å². The molecule has 4 N–H and O–H groups in total. The van der Waals surface area contributed by atoms with Crippen LogP contribution in [0.2, 0.25) is 0 Å². The van der Waals surface area contributed by atoms with Gasteiger partial charge in [0.15, 0.2) is 0 Å². The van der Waals surface area contributed by atoms with E-state index in [2.05, 4.69) is 11.4 Å². The van der Waals surface area contributed by atoms with E-state index in [0.717, 1.165) is 22.4 Å². The number of benzene rings is 2. The fourth-order valence-electron chi connectivity index (χ4n) is 2.00. The highest BCUT2D eigenvalue weighted by molar-refractivity contribution is 5.58. The van der Waals surface area contributed by atoms with Crippen LogP contribution in [0.15, 0.2) is 42.5 Å². The summed E-state index contributed by atoms with van der Waals surface area (Å²) in [6, 6.07) is 15.5. The Kier molecular flexibility index (Phi) is 4.59. The predicted octanol–water partition coefficient (Wildman–Crippen LogP) is 2.44. The molecule has 0 heterocycles. The van der Waals surface area contributed by atoms with E-state index in [9.17, 15) is 0 Å². The minimum Gasteiger partial charge on any atom is -0.398 e.